The second kappa shape index (κ2) is 4.18. The Bertz CT molecular complexity index is 485. The average Bonchev–Trinajstić information content (AvgIpc) is 2.33. The molecule has 2 aliphatic carbocycles. The largest absolute Gasteiger partial charge is 0.378 e. The fraction of sp³-hybridized carbons (Fsp3) is 0.750. The molecule has 0 N–H and O–H groups in total. The number of nitriles is 1. The number of hydrogen-bond acceptors (Lipinski definition) is 3. The smallest absolute Gasteiger partial charge is 0.178 e. The van der Waals surface area contributed by atoms with E-state index in [0.29, 0.717) is 5.57 Å². The van der Waals surface area contributed by atoms with Crippen LogP contribution in [0.15, 0.2) is 11.6 Å². The first-order valence-corrected chi connectivity index (χ1v) is 6.91. The van der Waals surface area contributed by atoms with Gasteiger partial charge in [-0.3, -0.25) is 4.79 Å². The van der Waals surface area contributed by atoms with Crippen LogP contribution >= 0.6 is 0 Å². The fourth-order valence-corrected chi connectivity index (χ4v) is 4.29. The standard InChI is InChI=1S/C16H23NO2/c1-14(2)12-6-7-16(4,19-5)10-15(12,3)8-11(9-17)13(14)18/h8,12H,6-7,10H2,1-5H3/t12-,15-,16+/m0/s1. The Labute approximate surface area is 115 Å². The molecule has 0 spiro atoms. The summed E-state index contributed by atoms with van der Waals surface area (Å²) in [4.78, 5) is 12.4. The van der Waals surface area contributed by atoms with Crippen molar-refractivity contribution in [2.45, 2.75) is 52.6 Å². The molecule has 0 aromatic carbocycles. The second-order valence-corrected chi connectivity index (χ2v) is 7.15. The van der Waals surface area contributed by atoms with Crippen molar-refractivity contribution < 1.29 is 9.53 Å². The summed E-state index contributed by atoms with van der Waals surface area (Å²) in [5.41, 5.74) is -0.419. The third-order valence-electron chi connectivity index (χ3n) is 5.30. The zero-order valence-corrected chi connectivity index (χ0v) is 12.5. The zero-order chi connectivity index (χ0) is 14.5. The molecule has 3 heteroatoms. The first-order chi connectivity index (χ1) is 8.68. The maximum absolute atomic E-state index is 12.4. The summed E-state index contributed by atoms with van der Waals surface area (Å²) >= 11 is 0. The molecule has 0 heterocycles. The van der Waals surface area contributed by atoms with Crippen LogP contribution in [-0.2, 0) is 9.53 Å². The molecule has 0 aromatic heterocycles. The van der Waals surface area contributed by atoms with Crippen LogP contribution in [-0.4, -0.2) is 18.5 Å². The van der Waals surface area contributed by atoms with Crippen molar-refractivity contribution in [1.82, 2.24) is 0 Å². The minimum absolute atomic E-state index is 0.00139. The van der Waals surface area contributed by atoms with Crippen LogP contribution in [0, 0.1) is 28.1 Å². The predicted molar refractivity (Wildman–Crippen MR) is 73.3 cm³/mol. The van der Waals surface area contributed by atoms with Gasteiger partial charge in [0.1, 0.15) is 6.07 Å². The average molecular weight is 261 g/mol. The number of allylic oxidation sites excluding steroid dienone is 2. The van der Waals surface area contributed by atoms with Crippen LogP contribution in [0.4, 0.5) is 0 Å². The van der Waals surface area contributed by atoms with E-state index >= 15 is 0 Å². The molecule has 0 bridgehead atoms. The highest BCUT2D eigenvalue weighted by Crippen LogP contribution is 2.57. The van der Waals surface area contributed by atoms with E-state index in [1.807, 2.05) is 19.9 Å². The molecule has 0 radical (unpaired) electrons. The van der Waals surface area contributed by atoms with Gasteiger partial charge in [-0.2, -0.15) is 5.26 Å². The highest BCUT2D eigenvalue weighted by molar-refractivity contribution is 6.04. The van der Waals surface area contributed by atoms with Gasteiger partial charge in [-0.1, -0.05) is 26.8 Å². The van der Waals surface area contributed by atoms with E-state index in [1.165, 1.54) is 0 Å². The van der Waals surface area contributed by atoms with Crippen LogP contribution in [0.2, 0.25) is 0 Å². The summed E-state index contributed by atoms with van der Waals surface area (Å²) in [6.07, 6.45) is 4.70. The Balaban J connectivity index is 2.50. The number of carbonyl (C=O) groups is 1. The Hall–Kier alpha value is -1.14. The molecule has 3 atom stereocenters. The van der Waals surface area contributed by atoms with Crippen molar-refractivity contribution in [3.63, 3.8) is 0 Å². The molecular weight excluding hydrogens is 238 g/mol. The van der Waals surface area contributed by atoms with E-state index in [4.69, 9.17) is 4.74 Å². The fourth-order valence-electron chi connectivity index (χ4n) is 4.29. The molecule has 0 aliphatic heterocycles. The van der Waals surface area contributed by atoms with Crippen molar-refractivity contribution >= 4 is 5.78 Å². The van der Waals surface area contributed by atoms with Crippen LogP contribution in [0.3, 0.4) is 0 Å². The molecule has 1 fully saturated rings. The van der Waals surface area contributed by atoms with Gasteiger partial charge < -0.3 is 4.74 Å². The summed E-state index contributed by atoms with van der Waals surface area (Å²) in [5, 5.41) is 9.22. The number of Topliss-reactive ketones (excluding diaryl/α,β-unsaturated/α-hetero) is 1. The molecule has 104 valence electrons. The molecule has 0 saturated heterocycles. The maximum atomic E-state index is 12.4. The molecule has 1 saturated carbocycles. The van der Waals surface area contributed by atoms with E-state index in [0.717, 1.165) is 19.3 Å². The van der Waals surface area contributed by atoms with Gasteiger partial charge in [0.05, 0.1) is 11.2 Å². The van der Waals surface area contributed by atoms with Gasteiger partial charge in [0.25, 0.3) is 0 Å². The van der Waals surface area contributed by atoms with E-state index in [-0.39, 0.29) is 22.7 Å². The van der Waals surface area contributed by atoms with Crippen LogP contribution < -0.4 is 0 Å². The summed E-state index contributed by atoms with van der Waals surface area (Å²) in [5.74, 6) is 0.284. The van der Waals surface area contributed by atoms with Crippen molar-refractivity contribution in [1.29, 1.82) is 5.26 Å². The number of carbonyl (C=O) groups excluding carboxylic acids is 1. The molecular formula is C16H23NO2. The van der Waals surface area contributed by atoms with Crippen LogP contribution in [0.1, 0.15) is 47.0 Å². The lowest BCUT2D eigenvalue weighted by Crippen LogP contribution is -2.53. The Morgan fingerprint density at radius 3 is 2.53 bits per heavy atom. The monoisotopic (exact) mass is 261 g/mol. The lowest BCUT2D eigenvalue weighted by atomic mass is 9.50. The minimum atomic E-state index is -0.455. The summed E-state index contributed by atoms with van der Waals surface area (Å²) < 4.78 is 5.66. The van der Waals surface area contributed by atoms with Gasteiger partial charge in [0.15, 0.2) is 5.78 Å². The van der Waals surface area contributed by atoms with E-state index in [1.54, 1.807) is 7.11 Å². The molecule has 0 unspecified atom stereocenters. The predicted octanol–water partition coefficient (Wildman–Crippen LogP) is 3.26. The van der Waals surface area contributed by atoms with Crippen LogP contribution in [0.5, 0.6) is 0 Å². The van der Waals surface area contributed by atoms with Gasteiger partial charge >= 0.3 is 0 Å². The number of nitrogens with zero attached hydrogens (tertiary/aromatic N) is 1. The van der Waals surface area contributed by atoms with Crippen molar-refractivity contribution in [3.8, 4) is 6.07 Å². The van der Waals surface area contributed by atoms with Crippen molar-refractivity contribution in [2.24, 2.45) is 16.7 Å². The van der Waals surface area contributed by atoms with Gasteiger partial charge in [-0.05, 0) is 37.5 Å². The maximum Gasteiger partial charge on any atom is 0.178 e. The van der Waals surface area contributed by atoms with Gasteiger partial charge in [0.2, 0.25) is 0 Å². The molecule has 3 nitrogen and oxygen atoms in total. The highest BCUT2D eigenvalue weighted by Gasteiger charge is 2.55. The SMILES string of the molecule is CO[C@]1(C)CC[C@H]2C(C)(C)C(=O)C(C#N)=C[C@@]2(C)C1. The third kappa shape index (κ3) is 2.03. The lowest BCUT2D eigenvalue weighted by molar-refractivity contribution is -0.139. The minimum Gasteiger partial charge on any atom is -0.378 e. The first kappa shape index (κ1) is 14.3. The van der Waals surface area contributed by atoms with Gasteiger partial charge in [-0.15, -0.1) is 0 Å². The molecule has 19 heavy (non-hydrogen) atoms. The quantitative estimate of drug-likeness (QED) is 0.728. The first-order valence-electron chi connectivity index (χ1n) is 6.91. The molecule has 0 amide bonds. The Morgan fingerprint density at radius 1 is 1.37 bits per heavy atom. The number of rotatable bonds is 1. The third-order valence-corrected chi connectivity index (χ3v) is 5.30. The van der Waals surface area contributed by atoms with Crippen molar-refractivity contribution in [3.05, 3.63) is 11.6 Å². The Morgan fingerprint density at radius 2 is 2.00 bits per heavy atom. The summed E-state index contributed by atoms with van der Waals surface area (Å²) in [6, 6.07) is 2.08. The summed E-state index contributed by atoms with van der Waals surface area (Å²) in [6.45, 7) is 8.26. The number of hydrogen-bond donors (Lipinski definition) is 0. The summed E-state index contributed by atoms with van der Waals surface area (Å²) in [7, 11) is 1.75. The topological polar surface area (TPSA) is 50.1 Å². The lowest BCUT2D eigenvalue weighted by Gasteiger charge is -2.54. The van der Waals surface area contributed by atoms with E-state index in [9.17, 15) is 10.1 Å². The number of fused-ring (bicyclic) bond motifs is 1. The van der Waals surface area contributed by atoms with Gasteiger partial charge in [0, 0.05) is 12.5 Å². The second-order valence-electron chi connectivity index (χ2n) is 7.15. The molecule has 0 aromatic rings. The van der Waals surface area contributed by atoms with E-state index in [2.05, 4.69) is 19.9 Å². The molecule has 2 rings (SSSR count). The molecule has 2 aliphatic rings. The Kier molecular flexibility index (Phi) is 3.14. The van der Waals surface area contributed by atoms with E-state index < -0.39 is 5.41 Å². The van der Waals surface area contributed by atoms with Gasteiger partial charge in [-0.25, -0.2) is 0 Å². The highest BCUT2D eigenvalue weighted by atomic mass is 16.5. The normalized spacial score (nSPS) is 41.2. The van der Waals surface area contributed by atoms with Crippen LogP contribution in [0.25, 0.3) is 0 Å². The van der Waals surface area contributed by atoms with Crippen molar-refractivity contribution in [2.75, 3.05) is 7.11 Å². The zero-order valence-electron chi connectivity index (χ0n) is 12.5. The number of methoxy groups -OCH3 is 1. The number of ether oxygens (including phenoxy) is 1. The number of ketones is 1.